The van der Waals surface area contributed by atoms with Gasteiger partial charge in [0.15, 0.2) is 5.76 Å². The minimum Gasteiger partial charge on any atom is -0.461 e. The maximum atomic E-state index is 5.39. The van der Waals surface area contributed by atoms with Crippen molar-refractivity contribution in [3.05, 3.63) is 23.8 Å². The molecule has 5 nitrogen and oxygen atoms in total. The number of rotatable bonds is 3. The third-order valence-corrected chi connectivity index (χ3v) is 3.89. The highest BCUT2D eigenvalue weighted by Gasteiger charge is 2.26. The summed E-state index contributed by atoms with van der Waals surface area (Å²) in [6.07, 6.45) is 5.14. The number of nitrogens with one attached hydrogen (secondary N) is 1. The average molecular weight is 261 g/mol. The molecule has 5 heteroatoms. The molecule has 0 saturated carbocycles. The highest BCUT2D eigenvalue weighted by molar-refractivity contribution is 5.51. The number of hydrogen-bond donors (Lipinski definition) is 1. The molecule has 0 aromatic carbocycles. The van der Waals surface area contributed by atoms with Crippen LogP contribution in [0.2, 0.25) is 0 Å². The summed E-state index contributed by atoms with van der Waals surface area (Å²) in [5.41, 5.74) is 1.02. The van der Waals surface area contributed by atoms with E-state index in [1.807, 2.05) is 13.0 Å². The predicted molar refractivity (Wildman–Crippen MR) is 70.5 cm³/mol. The summed E-state index contributed by atoms with van der Waals surface area (Å²) in [5.74, 6) is 2.65. The van der Waals surface area contributed by atoms with Gasteiger partial charge in [0.05, 0.1) is 12.3 Å². The number of nitrogens with zero attached hydrogens (tertiary/aromatic N) is 2. The minimum absolute atomic E-state index is 0.176. The molecule has 2 unspecified atom stereocenters. The lowest BCUT2D eigenvalue weighted by Crippen LogP contribution is -2.31. The molecule has 0 radical (unpaired) electrons. The summed E-state index contributed by atoms with van der Waals surface area (Å²) in [6, 6.07) is 2.08. The smallest absolute Gasteiger partial charge is 0.244 e. The predicted octanol–water partition coefficient (Wildman–Crippen LogP) is 3.09. The number of hydrogen-bond acceptors (Lipinski definition) is 5. The highest BCUT2D eigenvalue weighted by Crippen LogP contribution is 2.30. The van der Waals surface area contributed by atoms with Crippen molar-refractivity contribution in [3.63, 3.8) is 0 Å². The van der Waals surface area contributed by atoms with E-state index in [0.29, 0.717) is 17.5 Å². The molecular weight excluding hydrogens is 242 g/mol. The van der Waals surface area contributed by atoms with Crippen LogP contribution in [0.25, 0.3) is 11.6 Å². The first-order valence-corrected chi connectivity index (χ1v) is 6.89. The molecule has 1 N–H and O–H groups in total. The van der Waals surface area contributed by atoms with Crippen LogP contribution in [0.5, 0.6) is 0 Å². The maximum Gasteiger partial charge on any atom is 0.244 e. The van der Waals surface area contributed by atoms with Crippen molar-refractivity contribution in [3.8, 4) is 11.6 Å². The van der Waals surface area contributed by atoms with Gasteiger partial charge >= 0.3 is 0 Å². The summed E-state index contributed by atoms with van der Waals surface area (Å²) >= 11 is 0. The fourth-order valence-corrected chi connectivity index (χ4v) is 2.63. The fourth-order valence-electron chi connectivity index (χ4n) is 2.63. The molecule has 0 bridgehead atoms. The molecular formula is C14H19N3O2. The van der Waals surface area contributed by atoms with E-state index in [9.17, 15) is 0 Å². The van der Waals surface area contributed by atoms with Crippen molar-refractivity contribution >= 4 is 0 Å². The van der Waals surface area contributed by atoms with Crippen LogP contribution in [0.3, 0.4) is 0 Å². The van der Waals surface area contributed by atoms with Gasteiger partial charge in [0.1, 0.15) is 0 Å². The van der Waals surface area contributed by atoms with Gasteiger partial charge in [-0.05, 0) is 43.9 Å². The third kappa shape index (κ3) is 2.42. The standard InChI is InChI=1S/C14H19N3O2/c1-3-10-4-6-15-11(8-10)14-16-13(17-19-14)12-9(2)5-7-18-12/h5,7,10-11,15H,3-4,6,8H2,1-2H3. The van der Waals surface area contributed by atoms with E-state index < -0.39 is 0 Å². The van der Waals surface area contributed by atoms with Gasteiger partial charge in [0.25, 0.3) is 0 Å². The van der Waals surface area contributed by atoms with E-state index in [1.165, 1.54) is 12.8 Å². The van der Waals surface area contributed by atoms with Crippen molar-refractivity contribution in [1.29, 1.82) is 0 Å². The minimum atomic E-state index is 0.176. The monoisotopic (exact) mass is 261 g/mol. The van der Waals surface area contributed by atoms with Gasteiger partial charge in [0, 0.05) is 0 Å². The van der Waals surface area contributed by atoms with Crippen LogP contribution in [0.4, 0.5) is 0 Å². The zero-order valence-electron chi connectivity index (χ0n) is 11.3. The molecule has 1 aliphatic rings. The Bertz CT molecular complexity index is 546. The Morgan fingerprint density at radius 1 is 1.47 bits per heavy atom. The van der Waals surface area contributed by atoms with Crippen molar-refractivity contribution in [2.24, 2.45) is 5.92 Å². The maximum absolute atomic E-state index is 5.39. The first-order valence-electron chi connectivity index (χ1n) is 6.89. The lowest BCUT2D eigenvalue weighted by Gasteiger charge is -2.27. The lowest BCUT2D eigenvalue weighted by molar-refractivity contribution is 0.246. The number of aryl methyl sites for hydroxylation is 1. The highest BCUT2D eigenvalue weighted by atomic mass is 16.5. The molecule has 1 fully saturated rings. The molecule has 2 aromatic heterocycles. The van der Waals surface area contributed by atoms with E-state index >= 15 is 0 Å². The van der Waals surface area contributed by atoms with Gasteiger partial charge in [-0.15, -0.1) is 0 Å². The summed E-state index contributed by atoms with van der Waals surface area (Å²) in [5, 5.41) is 7.47. The quantitative estimate of drug-likeness (QED) is 0.919. The Balaban J connectivity index is 1.79. The van der Waals surface area contributed by atoms with Crippen molar-refractivity contribution in [2.45, 2.75) is 39.2 Å². The molecule has 1 saturated heterocycles. The van der Waals surface area contributed by atoms with Crippen LogP contribution in [-0.4, -0.2) is 16.7 Å². The first-order chi connectivity index (χ1) is 9.28. The fraction of sp³-hybridized carbons (Fsp3) is 0.571. The second-order valence-electron chi connectivity index (χ2n) is 5.19. The average Bonchev–Trinajstić information content (AvgIpc) is 3.07. The molecule has 2 atom stereocenters. The molecule has 0 spiro atoms. The van der Waals surface area contributed by atoms with E-state index in [-0.39, 0.29) is 6.04 Å². The van der Waals surface area contributed by atoms with E-state index in [4.69, 9.17) is 8.94 Å². The Morgan fingerprint density at radius 2 is 2.37 bits per heavy atom. The van der Waals surface area contributed by atoms with Crippen molar-refractivity contribution in [1.82, 2.24) is 15.5 Å². The molecule has 102 valence electrons. The van der Waals surface area contributed by atoms with E-state index in [2.05, 4.69) is 22.4 Å². The number of aromatic nitrogens is 2. The largest absolute Gasteiger partial charge is 0.461 e. The molecule has 2 aromatic rings. The molecule has 19 heavy (non-hydrogen) atoms. The SMILES string of the molecule is CCC1CCNC(c2nc(-c3occc3C)no2)C1. The van der Waals surface area contributed by atoms with Gasteiger partial charge in [0.2, 0.25) is 11.7 Å². The Labute approximate surface area is 112 Å². The third-order valence-electron chi connectivity index (χ3n) is 3.89. The second-order valence-corrected chi connectivity index (χ2v) is 5.19. The Morgan fingerprint density at radius 3 is 3.11 bits per heavy atom. The zero-order chi connectivity index (χ0) is 13.2. The van der Waals surface area contributed by atoms with Crippen molar-refractivity contribution in [2.75, 3.05) is 6.54 Å². The van der Waals surface area contributed by atoms with Crippen LogP contribution in [-0.2, 0) is 0 Å². The summed E-state index contributed by atoms with van der Waals surface area (Å²) in [6.45, 7) is 5.22. The summed E-state index contributed by atoms with van der Waals surface area (Å²) in [7, 11) is 0. The second kappa shape index (κ2) is 5.17. The Kier molecular flexibility index (Phi) is 3.38. The van der Waals surface area contributed by atoms with Gasteiger partial charge in [-0.2, -0.15) is 4.98 Å². The van der Waals surface area contributed by atoms with Gasteiger partial charge in [-0.3, -0.25) is 0 Å². The van der Waals surface area contributed by atoms with Gasteiger partial charge < -0.3 is 14.3 Å². The topological polar surface area (TPSA) is 64.1 Å². The van der Waals surface area contributed by atoms with Gasteiger partial charge in [-0.25, -0.2) is 0 Å². The van der Waals surface area contributed by atoms with Gasteiger partial charge in [-0.1, -0.05) is 18.5 Å². The molecule has 3 rings (SSSR count). The normalized spacial score (nSPS) is 23.7. The Hall–Kier alpha value is -1.62. The van der Waals surface area contributed by atoms with E-state index in [1.54, 1.807) is 6.26 Å². The summed E-state index contributed by atoms with van der Waals surface area (Å²) < 4.78 is 10.8. The van der Waals surface area contributed by atoms with E-state index in [0.717, 1.165) is 24.4 Å². The van der Waals surface area contributed by atoms with Crippen LogP contribution in [0.15, 0.2) is 21.3 Å². The number of furan rings is 1. The lowest BCUT2D eigenvalue weighted by atomic mass is 9.90. The van der Waals surface area contributed by atoms with Crippen LogP contribution >= 0.6 is 0 Å². The molecule has 1 aliphatic heterocycles. The van der Waals surface area contributed by atoms with Crippen LogP contribution < -0.4 is 5.32 Å². The zero-order valence-corrected chi connectivity index (χ0v) is 11.3. The van der Waals surface area contributed by atoms with Crippen LogP contribution in [0.1, 0.15) is 43.7 Å². The molecule has 0 amide bonds. The molecule has 0 aliphatic carbocycles. The molecule has 3 heterocycles. The van der Waals surface area contributed by atoms with Crippen LogP contribution in [0, 0.1) is 12.8 Å². The van der Waals surface area contributed by atoms with Crippen molar-refractivity contribution < 1.29 is 8.94 Å². The number of piperidine rings is 1. The first kappa shape index (κ1) is 12.4. The summed E-state index contributed by atoms with van der Waals surface area (Å²) in [4.78, 5) is 4.47.